The highest BCUT2D eigenvalue weighted by atomic mass is 16.5. The molecular formula is C18H27NO. The van der Waals surface area contributed by atoms with Gasteiger partial charge in [0, 0.05) is 12.2 Å². The van der Waals surface area contributed by atoms with Gasteiger partial charge in [-0.2, -0.15) is 0 Å². The number of nitrogens with one attached hydrogen (secondary N) is 1. The Hall–Kier alpha value is -1.02. The van der Waals surface area contributed by atoms with Crippen LogP contribution in [0, 0.1) is 5.92 Å². The second-order valence-corrected chi connectivity index (χ2v) is 7.60. The van der Waals surface area contributed by atoms with Gasteiger partial charge in [0.05, 0.1) is 11.2 Å². The van der Waals surface area contributed by atoms with E-state index in [4.69, 9.17) is 4.74 Å². The third kappa shape index (κ3) is 2.58. The second kappa shape index (κ2) is 4.77. The van der Waals surface area contributed by atoms with E-state index in [1.54, 1.807) is 0 Å². The third-order valence-corrected chi connectivity index (χ3v) is 5.04. The Balaban J connectivity index is 1.79. The molecule has 0 amide bonds. The molecule has 0 radical (unpaired) electrons. The Kier molecular flexibility index (Phi) is 3.32. The summed E-state index contributed by atoms with van der Waals surface area (Å²) in [7, 11) is 0. The molecule has 2 aliphatic heterocycles. The summed E-state index contributed by atoms with van der Waals surface area (Å²) in [6.07, 6.45) is 3.66. The molecule has 0 saturated carbocycles. The molecule has 1 aromatic carbocycles. The molecule has 2 atom stereocenters. The van der Waals surface area contributed by atoms with E-state index in [-0.39, 0.29) is 11.2 Å². The Morgan fingerprint density at radius 3 is 2.65 bits per heavy atom. The number of fused-ring (bicyclic) bond motifs is 1. The molecule has 0 bridgehead atoms. The second-order valence-electron chi connectivity index (χ2n) is 7.60. The van der Waals surface area contributed by atoms with Crippen LogP contribution in [0.5, 0.6) is 0 Å². The van der Waals surface area contributed by atoms with Crippen LogP contribution in [-0.4, -0.2) is 17.7 Å². The van der Waals surface area contributed by atoms with E-state index in [9.17, 15) is 0 Å². The van der Waals surface area contributed by atoms with Gasteiger partial charge in [0.1, 0.15) is 0 Å². The van der Waals surface area contributed by atoms with Crippen LogP contribution in [0.4, 0.5) is 5.69 Å². The van der Waals surface area contributed by atoms with Crippen LogP contribution in [0.15, 0.2) is 24.3 Å². The number of para-hydroxylation sites is 1. The Morgan fingerprint density at radius 2 is 1.95 bits per heavy atom. The summed E-state index contributed by atoms with van der Waals surface area (Å²) in [6, 6.07) is 8.79. The summed E-state index contributed by atoms with van der Waals surface area (Å²) in [5.41, 5.74) is 2.86. The van der Waals surface area contributed by atoms with Crippen LogP contribution in [0.3, 0.4) is 0 Å². The molecule has 20 heavy (non-hydrogen) atoms. The molecule has 1 N–H and O–H groups in total. The lowest BCUT2D eigenvalue weighted by atomic mass is 9.76. The van der Waals surface area contributed by atoms with Crippen molar-refractivity contribution in [1.82, 2.24) is 0 Å². The minimum atomic E-state index is 0.00329. The summed E-state index contributed by atoms with van der Waals surface area (Å²) < 4.78 is 6.26. The van der Waals surface area contributed by atoms with Crippen LogP contribution in [0.25, 0.3) is 0 Å². The van der Waals surface area contributed by atoms with Crippen molar-refractivity contribution in [2.45, 2.75) is 64.1 Å². The summed E-state index contributed by atoms with van der Waals surface area (Å²) in [4.78, 5) is 0. The Bertz CT molecular complexity index is 492. The topological polar surface area (TPSA) is 21.3 Å². The maximum absolute atomic E-state index is 6.26. The fourth-order valence-corrected chi connectivity index (χ4v) is 4.18. The zero-order chi connectivity index (χ0) is 14.4. The van der Waals surface area contributed by atoms with Gasteiger partial charge >= 0.3 is 0 Å². The van der Waals surface area contributed by atoms with Gasteiger partial charge in [-0.25, -0.2) is 0 Å². The summed E-state index contributed by atoms with van der Waals surface area (Å²) in [5.74, 6) is 1.32. The monoisotopic (exact) mass is 273 g/mol. The lowest BCUT2D eigenvalue weighted by molar-refractivity contribution is -0.0757. The minimum absolute atomic E-state index is 0.00329. The van der Waals surface area contributed by atoms with Crippen molar-refractivity contribution in [3.63, 3.8) is 0 Å². The molecule has 1 aromatic rings. The lowest BCUT2D eigenvalue weighted by Gasteiger charge is -2.33. The van der Waals surface area contributed by atoms with Gasteiger partial charge in [-0.1, -0.05) is 18.2 Å². The number of rotatable bonds is 2. The fraction of sp³-hybridized carbons (Fsp3) is 0.667. The van der Waals surface area contributed by atoms with Crippen molar-refractivity contribution in [2.24, 2.45) is 5.92 Å². The number of hydrogen-bond donors (Lipinski definition) is 1. The molecule has 2 heterocycles. The number of anilines is 1. The summed E-state index contributed by atoms with van der Waals surface area (Å²) in [5, 5.41) is 3.52. The largest absolute Gasteiger partial charge is 0.385 e. The number of benzene rings is 1. The van der Waals surface area contributed by atoms with Crippen molar-refractivity contribution in [3.05, 3.63) is 29.8 Å². The fourth-order valence-electron chi connectivity index (χ4n) is 4.18. The molecule has 2 aliphatic rings. The van der Waals surface area contributed by atoms with Crippen LogP contribution in [0.1, 0.15) is 58.4 Å². The van der Waals surface area contributed by atoms with Crippen LogP contribution in [-0.2, 0) is 4.74 Å². The molecule has 0 spiro atoms. The van der Waals surface area contributed by atoms with Gasteiger partial charge in [0.15, 0.2) is 0 Å². The van der Waals surface area contributed by atoms with Crippen LogP contribution in [0.2, 0.25) is 0 Å². The quantitative estimate of drug-likeness (QED) is 0.852. The van der Waals surface area contributed by atoms with Gasteiger partial charge < -0.3 is 10.1 Å². The minimum Gasteiger partial charge on any atom is -0.385 e. The smallest absolute Gasteiger partial charge is 0.0663 e. The van der Waals surface area contributed by atoms with Crippen LogP contribution >= 0.6 is 0 Å². The molecule has 2 nitrogen and oxygen atoms in total. The molecule has 3 rings (SSSR count). The lowest BCUT2D eigenvalue weighted by Crippen LogP contribution is -2.31. The van der Waals surface area contributed by atoms with E-state index in [1.165, 1.54) is 30.5 Å². The Morgan fingerprint density at radius 1 is 1.20 bits per heavy atom. The summed E-state index contributed by atoms with van der Waals surface area (Å²) in [6.45, 7) is 10.1. The van der Waals surface area contributed by atoms with Crippen molar-refractivity contribution < 1.29 is 4.74 Å². The molecule has 1 fully saturated rings. The van der Waals surface area contributed by atoms with Gasteiger partial charge in [-0.3, -0.25) is 0 Å². The molecule has 1 saturated heterocycles. The highest BCUT2D eigenvalue weighted by molar-refractivity contribution is 5.54. The number of ether oxygens (including phenoxy) is 1. The van der Waals surface area contributed by atoms with Crippen molar-refractivity contribution in [1.29, 1.82) is 0 Å². The standard InChI is InChI=1S/C18H27NO/c1-17(2)12-14(18(3,4)20-17)11-13-9-10-19-16-8-6-5-7-15(13)16/h5-8,13-14,19H,9-12H2,1-4H3. The van der Waals surface area contributed by atoms with E-state index in [1.807, 2.05) is 0 Å². The van der Waals surface area contributed by atoms with E-state index < -0.39 is 0 Å². The van der Waals surface area contributed by atoms with Gasteiger partial charge in [-0.15, -0.1) is 0 Å². The first-order chi connectivity index (χ1) is 9.37. The van der Waals surface area contributed by atoms with Gasteiger partial charge in [-0.05, 0) is 70.4 Å². The van der Waals surface area contributed by atoms with Crippen molar-refractivity contribution in [2.75, 3.05) is 11.9 Å². The van der Waals surface area contributed by atoms with E-state index in [0.717, 1.165) is 6.54 Å². The highest BCUT2D eigenvalue weighted by Crippen LogP contribution is 2.47. The first kappa shape index (κ1) is 13.9. The van der Waals surface area contributed by atoms with Gasteiger partial charge in [0.25, 0.3) is 0 Å². The predicted molar refractivity (Wildman–Crippen MR) is 84.3 cm³/mol. The molecule has 2 heteroatoms. The first-order valence-corrected chi connectivity index (χ1v) is 7.90. The van der Waals surface area contributed by atoms with Crippen molar-refractivity contribution >= 4 is 5.69 Å². The first-order valence-electron chi connectivity index (χ1n) is 7.90. The van der Waals surface area contributed by atoms with E-state index >= 15 is 0 Å². The average molecular weight is 273 g/mol. The van der Waals surface area contributed by atoms with E-state index in [0.29, 0.717) is 11.8 Å². The Labute approximate surface area is 122 Å². The van der Waals surface area contributed by atoms with Crippen LogP contribution < -0.4 is 5.32 Å². The zero-order valence-electron chi connectivity index (χ0n) is 13.2. The zero-order valence-corrected chi connectivity index (χ0v) is 13.2. The van der Waals surface area contributed by atoms with E-state index in [2.05, 4.69) is 57.3 Å². The third-order valence-electron chi connectivity index (χ3n) is 5.04. The maximum atomic E-state index is 6.26. The van der Waals surface area contributed by atoms with Gasteiger partial charge in [0.2, 0.25) is 0 Å². The predicted octanol–water partition coefficient (Wildman–Crippen LogP) is 4.57. The van der Waals surface area contributed by atoms with Crippen molar-refractivity contribution in [3.8, 4) is 0 Å². The molecule has 110 valence electrons. The maximum Gasteiger partial charge on any atom is 0.0663 e. The molecule has 0 aliphatic carbocycles. The average Bonchev–Trinajstić information content (AvgIpc) is 2.57. The normalized spacial score (nSPS) is 30.6. The molecule has 0 aromatic heterocycles. The summed E-state index contributed by atoms with van der Waals surface area (Å²) >= 11 is 0. The molecule has 2 unspecified atom stereocenters. The highest BCUT2D eigenvalue weighted by Gasteiger charge is 2.46. The SMILES string of the molecule is CC1(C)CC(CC2CCNc3ccccc32)C(C)(C)O1. The molecular weight excluding hydrogens is 246 g/mol. The number of hydrogen-bond acceptors (Lipinski definition) is 2.